The Balaban J connectivity index is 2.04. The lowest BCUT2D eigenvalue weighted by atomic mass is 9.85. The molecule has 78 valence electrons. The van der Waals surface area contributed by atoms with E-state index in [0.717, 1.165) is 18.2 Å². The van der Waals surface area contributed by atoms with Gasteiger partial charge in [-0.15, -0.1) is 0 Å². The minimum absolute atomic E-state index is 0.260. The summed E-state index contributed by atoms with van der Waals surface area (Å²) in [5.41, 5.74) is 6.26. The molecular weight excluding hydrogens is 178 g/mol. The van der Waals surface area contributed by atoms with E-state index in [9.17, 15) is 5.11 Å². The van der Waals surface area contributed by atoms with Crippen LogP contribution in [0.15, 0.2) is 12.3 Å². The molecule has 2 rings (SSSR count). The molecular formula is C10H17N3O. The fourth-order valence-corrected chi connectivity index (χ4v) is 1.82. The van der Waals surface area contributed by atoms with Crippen LogP contribution in [0.4, 0.5) is 0 Å². The van der Waals surface area contributed by atoms with E-state index in [4.69, 9.17) is 5.73 Å². The number of aliphatic hydroxyl groups excluding tert-OH is 1. The monoisotopic (exact) mass is 195 g/mol. The molecule has 1 aliphatic rings. The van der Waals surface area contributed by atoms with Crippen LogP contribution in [0, 0.1) is 5.92 Å². The van der Waals surface area contributed by atoms with Gasteiger partial charge in [0.1, 0.15) is 6.10 Å². The SMILES string of the molecule is NCC(O)c1ccnn1CC1CCC1. The van der Waals surface area contributed by atoms with Crippen LogP contribution in [0.5, 0.6) is 0 Å². The van der Waals surface area contributed by atoms with Gasteiger partial charge in [-0.3, -0.25) is 4.68 Å². The predicted molar refractivity (Wildman–Crippen MR) is 53.6 cm³/mol. The van der Waals surface area contributed by atoms with Gasteiger partial charge in [0, 0.05) is 19.3 Å². The summed E-state index contributed by atoms with van der Waals surface area (Å²) in [6, 6.07) is 1.84. The van der Waals surface area contributed by atoms with Crippen molar-refractivity contribution in [2.45, 2.75) is 31.9 Å². The molecule has 0 spiro atoms. The summed E-state index contributed by atoms with van der Waals surface area (Å²) < 4.78 is 1.89. The topological polar surface area (TPSA) is 64.1 Å². The third-order valence-corrected chi connectivity index (χ3v) is 2.97. The van der Waals surface area contributed by atoms with Gasteiger partial charge in [0.25, 0.3) is 0 Å². The molecule has 1 fully saturated rings. The van der Waals surface area contributed by atoms with Gasteiger partial charge in [0.2, 0.25) is 0 Å². The Kier molecular flexibility index (Phi) is 2.84. The van der Waals surface area contributed by atoms with Crippen LogP contribution in [0.1, 0.15) is 31.1 Å². The predicted octanol–water partition coefficient (Wildman–Crippen LogP) is 0.675. The summed E-state index contributed by atoms with van der Waals surface area (Å²) in [5.74, 6) is 0.749. The maximum absolute atomic E-state index is 9.62. The summed E-state index contributed by atoms with van der Waals surface area (Å²) in [4.78, 5) is 0. The van der Waals surface area contributed by atoms with Crippen molar-refractivity contribution >= 4 is 0 Å². The summed E-state index contributed by atoms with van der Waals surface area (Å²) in [6.07, 6.45) is 5.07. The minimum atomic E-state index is -0.572. The Labute approximate surface area is 83.7 Å². The molecule has 0 radical (unpaired) electrons. The Morgan fingerprint density at radius 2 is 2.43 bits per heavy atom. The molecule has 0 aromatic carbocycles. The average molecular weight is 195 g/mol. The van der Waals surface area contributed by atoms with Gasteiger partial charge in [-0.2, -0.15) is 5.10 Å². The van der Waals surface area contributed by atoms with Crippen molar-refractivity contribution in [2.24, 2.45) is 11.7 Å². The number of nitrogens with zero attached hydrogens (tertiary/aromatic N) is 2. The Bertz CT molecular complexity index is 293. The van der Waals surface area contributed by atoms with Crippen molar-refractivity contribution in [1.82, 2.24) is 9.78 Å². The first-order valence-electron chi connectivity index (χ1n) is 5.21. The van der Waals surface area contributed by atoms with Crippen LogP contribution < -0.4 is 5.73 Å². The van der Waals surface area contributed by atoms with E-state index in [0.29, 0.717) is 0 Å². The van der Waals surface area contributed by atoms with Crippen LogP contribution in [0.3, 0.4) is 0 Å². The smallest absolute Gasteiger partial charge is 0.108 e. The normalized spacial score (nSPS) is 19.3. The zero-order chi connectivity index (χ0) is 9.97. The van der Waals surface area contributed by atoms with Crippen molar-refractivity contribution in [3.8, 4) is 0 Å². The number of hydrogen-bond acceptors (Lipinski definition) is 3. The van der Waals surface area contributed by atoms with Crippen molar-refractivity contribution < 1.29 is 5.11 Å². The third-order valence-electron chi connectivity index (χ3n) is 2.97. The highest BCUT2D eigenvalue weighted by Gasteiger charge is 2.20. The lowest BCUT2D eigenvalue weighted by Gasteiger charge is -2.26. The highest BCUT2D eigenvalue weighted by atomic mass is 16.3. The second kappa shape index (κ2) is 4.11. The Hall–Kier alpha value is -0.870. The van der Waals surface area contributed by atoms with Crippen LogP contribution in [-0.4, -0.2) is 21.4 Å². The summed E-state index contributed by atoms with van der Waals surface area (Å²) in [7, 11) is 0. The highest BCUT2D eigenvalue weighted by Crippen LogP contribution is 2.28. The number of hydrogen-bond donors (Lipinski definition) is 2. The van der Waals surface area contributed by atoms with Crippen molar-refractivity contribution in [1.29, 1.82) is 0 Å². The van der Waals surface area contributed by atoms with Crippen LogP contribution in [0.2, 0.25) is 0 Å². The van der Waals surface area contributed by atoms with Gasteiger partial charge in [-0.25, -0.2) is 0 Å². The number of aliphatic hydroxyl groups is 1. The van der Waals surface area contributed by atoms with Crippen molar-refractivity contribution in [3.05, 3.63) is 18.0 Å². The fourth-order valence-electron chi connectivity index (χ4n) is 1.82. The molecule has 1 aromatic rings. The third kappa shape index (κ3) is 1.81. The molecule has 1 saturated carbocycles. The van der Waals surface area contributed by atoms with Gasteiger partial charge in [-0.1, -0.05) is 6.42 Å². The molecule has 4 heteroatoms. The lowest BCUT2D eigenvalue weighted by Crippen LogP contribution is -2.23. The van der Waals surface area contributed by atoms with Crippen LogP contribution >= 0.6 is 0 Å². The van der Waals surface area contributed by atoms with Gasteiger partial charge in [-0.05, 0) is 24.8 Å². The number of nitrogens with two attached hydrogens (primary N) is 1. The summed E-state index contributed by atoms with van der Waals surface area (Å²) in [6.45, 7) is 1.19. The van der Waals surface area contributed by atoms with Gasteiger partial charge in [0.05, 0.1) is 5.69 Å². The molecule has 4 nitrogen and oxygen atoms in total. The Morgan fingerprint density at radius 3 is 3.00 bits per heavy atom. The zero-order valence-corrected chi connectivity index (χ0v) is 8.26. The maximum atomic E-state index is 9.62. The average Bonchev–Trinajstić information content (AvgIpc) is 2.58. The van der Waals surface area contributed by atoms with Crippen molar-refractivity contribution in [2.75, 3.05) is 6.54 Å². The molecule has 3 N–H and O–H groups in total. The Morgan fingerprint density at radius 1 is 1.64 bits per heavy atom. The molecule has 0 amide bonds. The first-order chi connectivity index (χ1) is 6.81. The number of aromatic nitrogens is 2. The van der Waals surface area contributed by atoms with Gasteiger partial charge < -0.3 is 10.8 Å². The van der Waals surface area contributed by atoms with Crippen LogP contribution in [0.25, 0.3) is 0 Å². The quantitative estimate of drug-likeness (QED) is 0.742. The van der Waals surface area contributed by atoms with Gasteiger partial charge in [0.15, 0.2) is 0 Å². The molecule has 1 aliphatic carbocycles. The second-order valence-electron chi connectivity index (χ2n) is 3.99. The first-order valence-corrected chi connectivity index (χ1v) is 5.21. The number of rotatable bonds is 4. The van der Waals surface area contributed by atoms with E-state index >= 15 is 0 Å². The zero-order valence-electron chi connectivity index (χ0n) is 8.26. The van der Waals surface area contributed by atoms with E-state index in [1.807, 2.05) is 10.7 Å². The molecule has 0 saturated heterocycles. The summed E-state index contributed by atoms with van der Waals surface area (Å²) >= 11 is 0. The summed E-state index contributed by atoms with van der Waals surface area (Å²) in [5, 5.41) is 13.8. The lowest BCUT2D eigenvalue weighted by molar-refractivity contribution is 0.167. The molecule has 1 aromatic heterocycles. The second-order valence-corrected chi connectivity index (χ2v) is 3.99. The van der Waals surface area contributed by atoms with Crippen molar-refractivity contribution in [3.63, 3.8) is 0 Å². The van der Waals surface area contributed by atoms with E-state index in [1.54, 1.807) is 6.20 Å². The molecule has 0 bridgehead atoms. The van der Waals surface area contributed by atoms with E-state index in [1.165, 1.54) is 19.3 Å². The largest absolute Gasteiger partial charge is 0.385 e. The minimum Gasteiger partial charge on any atom is -0.385 e. The molecule has 1 atom stereocenters. The molecule has 1 heterocycles. The van der Waals surface area contributed by atoms with E-state index in [-0.39, 0.29) is 6.54 Å². The fraction of sp³-hybridized carbons (Fsp3) is 0.700. The molecule has 0 aliphatic heterocycles. The maximum Gasteiger partial charge on any atom is 0.108 e. The van der Waals surface area contributed by atoms with Crippen LogP contribution in [-0.2, 0) is 6.54 Å². The standard InChI is InChI=1S/C10H17N3O/c11-6-10(14)9-4-5-12-13(9)7-8-2-1-3-8/h4-5,8,10,14H,1-3,6-7,11H2. The van der Waals surface area contributed by atoms with E-state index in [2.05, 4.69) is 5.10 Å². The molecule has 1 unspecified atom stereocenters. The first kappa shape index (κ1) is 9.68. The van der Waals surface area contributed by atoms with E-state index < -0.39 is 6.10 Å². The highest BCUT2D eigenvalue weighted by molar-refractivity contribution is 5.05. The molecule has 14 heavy (non-hydrogen) atoms. The van der Waals surface area contributed by atoms with Gasteiger partial charge >= 0.3 is 0 Å².